The van der Waals surface area contributed by atoms with Gasteiger partial charge in [0.2, 0.25) is 0 Å². The van der Waals surface area contributed by atoms with Crippen molar-refractivity contribution < 1.29 is 4.74 Å². The van der Waals surface area contributed by atoms with Gasteiger partial charge in [0.25, 0.3) is 0 Å². The third kappa shape index (κ3) is 2.62. The first-order valence-corrected chi connectivity index (χ1v) is 5.71. The molecule has 2 heterocycles. The van der Waals surface area contributed by atoms with Crippen molar-refractivity contribution in [2.24, 2.45) is 0 Å². The van der Waals surface area contributed by atoms with Crippen LogP contribution in [0.5, 0.6) is 0 Å². The zero-order valence-corrected chi connectivity index (χ0v) is 10.8. The van der Waals surface area contributed by atoms with Crippen molar-refractivity contribution in [2.75, 3.05) is 19.5 Å². The first-order chi connectivity index (χ1) is 8.74. The Morgan fingerprint density at radius 1 is 1.33 bits per heavy atom. The molecule has 2 aromatic heterocycles. The van der Waals surface area contributed by atoms with Crippen LogP contribution in [-0.4, -0.2) is 29.1 Å². The van der Waals surface area contributed by atoms with Crippen LogP contribution in [0.15, 0.2) is 24.4 Å². The lowest BCUT2D eigenvalue weighted by molar-refractivity contribution is 0.181. The van der Waals surface area contributed by atoms with Gasteiger partial charge in [-0.3, -0.25) is 4.98 Å². The summed E-state index contributed by atoms with van der Waals surface area (Å²) in [7, 11) is 3.47. The minimum atomic E-state index is 0.454. The number of aryl methyl sites for hydroxylation is 1. The van der Waals surface area contributed by atoms with E-state index < -0.39 is 0 Å². The van der Waals surface area contributed by atoms with Gasteiger partial charge in [0.05, 0.1) is 12.3 Å². The number of pyridine rings is 1. The van der Waals surface area contributed by atoms with Gasteiger partial charge in [0.15, 0.2) is 5.82 Å². The third-order valence-corrected chi connectivity index (χ3v) is 2.55. The van der Waals surface area contributed by atoms with Crippen LogP contribution in [0.1, 0.15) is 11.3 Å². The maximum absolute atomic E-state index is 5.11. The number of anilines is 1. The minimum absolute atomic E-state index is 0.454. The maximum atomic E-state index is 5.11. The lowest BCUT2D eigenvalue weighted by Crippen LogP contribution is -2.03. The summed E-state index contributed by atoms with van der Waals surface area (Å²) in [6.07, 6.45) is 1.74. The topological polar surface area (TPSA) is 59.9 Å². The van der Waals surface area contributed by atoms with E-state index in [-0.39, 0.29) is 0 Å². The number of rotatable bonds is 4. The number of nitrogens with zero attached hydrogens (tertiary/aromatic N) is 3. The van der Waals surface area contributed by atoms with E-state index in [4.69, 9.17) is 4.74 Å². The summed E-state index contributed by atoms with van der Waals surface area (Å²) in [4.78, 5) is 13.2. The molecule has 0 radical (unpaired) electrons. The fourth-order valence-corrected chi connectivity index (χ4v) is 1.67. The molecule has 0 aliphatic heterocycles. The predicted molar refractivity (Wildman–Crippen MR) is 70.3 cm³/mol. The number of hydrogen-bond donors (Lipinski definition) is 1. The van der Waals surface area contributed by atoms with Crippen LogP contribution in [0.3, 0.4) is 0 Å². The summed E-state index contributed by atoms with van der Waals surface area (Å²) in [6, 6.07) is 5.76. The summed E-state index contributed by atoms with van der Waals surface area (Å²) in [5, 5.41) is 3.02. The third-order valence-electron chi connectivity index (χ3n) is 2.55. The molecule has 1 N–H and O–H groups in total. The quantitative estimate of drug-likeness (QED) is 0.891. The number of methoxy groups -OCH3 is 1. The van der Waals surface area contributed by atoms with E-state index in [0.29, 0.717) is 12.4 Å². The van der Waals surface area contributed by atoms with Crippen molar-refractivity contribution in [3.8, 4) is 11.5 Å². The van der Waals surface area contributed by atoms with Crippen molar-refractivity contribution >= 4 is 5.82 Å². The van der Waals surface area contributed by atoms with Crippen molar-refractivity contribution in [3.63, 3.8) is 0 Å². The van der Waals surface area contributed by atoms with E-state index in [9.17, 15) is 0 Å². The second kappa shape index (κ2) is 5.55. The van der Waals surface area contributed by atoms with Gasteiger partial charge < -0.3 is 10.1 Å². The Balaban J connectivity index is 2.50. The van der Waals surface area contributed by atoms with Gasteiger partial charge in [0.1, 0.15) is 11.5 Å². The summed E-state index contributed by atoms with van der Waals surface area (Å²) in [6.45, 7) is 2.45. The number of aromatic nitrogens is 3. The molecule has 0 unspecified atom stereocenters. The molecule has 18 heavy (non-hydrogen) atoms. The SMILES string of the molecule is CNc1cc(COC)nc(-c2ncccc2C)n1. The summed E-state index contributed by atoms with van der Waals surface area (Å²) in [5.41, 5.74) is 2.68. The molecule has 2 aromatic rings. The molecule has 0 fully saturated rings. The summed E-state index contributed by atoms with van der Waals surface area (Å²) < 4.78 is 5.11. The molecule has 0 saturated carbocycles. The molecule has 2 rings (SSSR count). The van der Waals surface area contributed by atoms with Crippen LogP contribution in [0.4, 0.5) is 5.82 Å². The molecular formula is C13H16N4O. The lowest BCUT2D eigenvalue weighted by atomic mass is 10.2. The standard InChI is InChI=1S/C13H16N4O/c1-9-5-4-6-15-12(9)13-16-10(8-18-3)7-11(14-2)17-13/h4-7H,8H2,1-3H3,(H,14,16,17). The van der Waals surface area contributed by atoms with Crippen molar-refractivity contribution in [3.05, 3.63) is 35.7 Å². The van der Waals surface area contributed by atoms with Crippen molar-refractivity contribution in [1.82, 2.24) is 15.0 Å². The van der Waals surface area contributed by atoms with Gasteiger partial charge in [-0.25, -0.2) is 9.97 Å². The summed E-state index contributed by atoms with van der Waals surface area (Å²) in [5.74, 6) is 1.38. The molecule has 0 atom stereocenters. The average molecular weight is 244 g/mol. The number of hydrogen-bond acceptors (Lipinski definition) is 5. The van der Waals surface area contributed by atoms with Crippen LogP contribution in [0, 0.1) is 6.92 Å². The molecular weight excluding hydrogens is 228 g/mol. The van der Waals surface area contributed by atoms with Gasteiger partial charge in [-0.05, 0) is 18.6 Å². The van der Waals surface area contributed by atoms with E-state index >= 15 is 0 Å². The number of ether oxygens (including phenoxy) is 1. The molecule has 0 aliphatic carbocycles. The highest BCUT2D eigenvalue weighted by Gasteiger charge is 2.09. The Labute approximate surface area is 106 Å². The molecule has 0 bridgehead atoms. The van der Waals surface area contributed by atoms with E-state index in [1.807, 2.05) is 32.2 Å². The van der Waals surface area contributed by atoms with Crippen LogP contribution >= 0.6 is 0 Å². The molecule has 0 amide bonds. The highest BCUT2D eigenvalue weighted by molar-refractivity contribution is 5.56. The number of nitrogens with one attached hydrogen (secondary N) is 1. The van der Waals surface area contributed by atoms with Gasteiger partial charge in [-0.15, -0.1) is 0 Å². The van der Waals surface area contributed by atoms with Crippen LogP contribution in [-0.2, 0) is 11.3 Å². The fourth-order valence-electron chi connectivity index (χ4n) is 1.67. The Morgan fingerprint density at radius 3 is 2.83 bits per heavy atom. The fraction of sp³-hybridized carbons (Fsp3) is 0.308. The predicted octanol–water partition coefficient (Wildman–Crippen LogP) is 2.04. The Hall–Kier alpha value is -2.01. The van der Waals surface area contributed by atoms with Crippen molar-refractivity contribution in [2.45, 2.75) is 13.5 Å². The molecule has 0 aliphatic rings. The Kier molecular flexibility index (Phi) is 3.84. The van der Waals surface area contributed by atoms with Crippen LogP contribution in [0.2, 0.25) is 0 Å². The second-order valence-electron chi connectivity index (χ2n) is 3.92. The highest BCUT2D eigenvalue weighted by atomic mass is 16.5. The molecule has 0 saturated heterocycles. The Bertz CT molecular complexity index is 542. The first-order valence-electron chi connectivity index (χ1n) is 5.71. The monoisotopic (exact) mass is 244 g/mol. The zero-order valence-electron chi connectivity index (χ0n) is 10.8. The second-order valence-corrected chi connectivity index (χ2v) is 3.92. The van der Waals surface area contributed by atoms with E-state index in [1.165, 1.54) is 0 Å². The normalized spacial score (nSPS) is 10.4. The zero-order chi connectivity index (χ0) is 13.0. The van der Waals surface area contributed by atoms with E-state index in [1.54, 1.807) is 13.3 Å². The molecule has 5 nitrogen and oxygen atoms in total. The maximum Gasteiger partial charge on any atom is 0.180 e. The highest BCUT2D eigenvalue weighted by Crippen LogP contribution is 2.19. The largest absolute Gasteiger partial charge is 0.378 e. The molecule has 0 aromatic carbocycles. The van der Waals surface area contributed by atoms with Crippen molar-refractivity contribution in [1.29, 1.82) is 0 Å². The van der Waals surface area contributed by atoms with Gasteiger partial charge in [-0.2, -0.15) is 0 Å². The smallest absolute Gasteiger partial charge is 0.180 e. The van der Waals surface area contributed by atoms with Crippen LogP contribution < -0.4 is 5.32 Å². The van der Waals surface area contributed by atoms with Gasteiger partial charge >= 0.3 is 0 Å². The first kappa shape index (κ1) is 12.4. The Morgan fingerprint density at radius 2 is 2.17 bits per heavy atom. The molecule has 5 heteroatoms. The average Bonchev–Trinajstić information content (AvgIpc) is 2.39. The molecule has 0 spiro atoms. The minimum Gasteiger partial charge on any atom is -0.378 e. The van der Waals surface area contributed by atoms with E-state index in [0.717, 1.165) is 22.8 Å². The molecule has 94 valence electrons. The summed E-state index contributed by atoms with van der Waals surface area (Å²) >= 11 is 0. The van der Waals surface area contributed by atoms with Gasteiger partial charge in [0, 0.05) is 26.4 Å². The van der Waals surface area contributed by atoms with E-state index in [2.05, 4.69) is 20.3 Å². The van der Waals surface area contributed by atoms with Gasteiger partial charge in [-0.1, -0.05) is 6.07 Å². The lowest BCUT2D eigenvalue weighted by Gasteiger charge is -2.08. The van der Waals surface area contributed by atoms with Crippen LogP contribution in [0.25, 0.3) is 11.5 Å².